The van der Waals surface area contributed by atoms with E-state index in [9.17, 15) is 9.59 Å². The lowest BCUT2D eigenvalue weighted by atomic mass is 10.1. The van der Waals surface area contributed by atoms with Crippen LogP contribution in [0.5, 0.6) is 0 Å². The highest BCUT2D eigenvalue weighted by Crippen LogP contribution is 2.20. The van der Waals surface area contributed by atoms with Gasteiger partial charge in [-0.05, 0) is 54.7 Å². The average Bonchev–Trinajstić information content (AvgIpc) is 3.16. The van der Waals surface area contributed by atoms with Gasteiger partial charge in [0.2, 0.25) is 0 Å². The fraction of sp³-hybridized carbons (Fsp3) is 0.294. The molecule has 0 saturated heterocycles. The predicted octanol–water partition coefficient (Wildman–Crippen LogP) is 1.96. The number of amides is 1. The van der Waals surface area contributed by atoms with E-state index in [-0.39, 0.29) is 17.6 Å². The minimum atomic E-state index is -0.187. The van der Waals surface area contributed by atoms with Gasteiger partial charge in [-0.15, -0.1) is 0 Å². The number of aromatic amines is 1. The van der Waals surface area contributed by atoms with Gasteiger partial charge in [0.1, 0.15) is 0 Å². The lowest BCUT2D eigenvalue weighted by Crippen LogP contribution is -2.34. The van der Waals surface area contributed by atoms with E-state index in [0.29, 0.717) is 12.1 Å². The van der Waals surface area contributed by atoms with Crippen molar-refractivity contribution in [1.29, 1.82) is 0 Å². The molecule has 126 valence electrons. The zero-order chi connectivity index (χ0) is 17.3. The van der Waals surface area contributed by atoms with Crippen LogP contribution in [0.1, 0.15) is 22.0 Å². The van der Waals surface area contributed by atoms with Crippen LogP contribution < -0.4 is 11.0 Å². The molecule has 3 rings (SSSR count). The molecule has 2 N–H and O–H groups in total. The number of nitrogens with one attached hydrogen (secondary N) is 2. The number of aryl methyl sites for hydroxylation is 1. The van der Waals surface area contributed by atoms with E-state index in [1.165, 1.54) is 10.1 Å². The quantitative estimate of drug-likeness (QED) is 0.743. The van der Waals surface area contributed by atoms with Crippen molar-refractivity contribution in [3.63, 3.8) is 0 Å². The fourth-order valence-electron chi connectivity index (χ4n) is 2.72. The molecule has 6 nitrogen and oxygen atoms in total. The first kappa shape index (κ1) is 16.5. The van der Waals surface area contributed by atoms with E-state index in [1.54, 1.807) is 36.6 Å². The van der Waals surface area contributed by atoms with Gasteiger partial charge in [-0.1, -0.05) is 0 Å². The van der Waals surface area contributed by atoms with Gasteiger partial charge in [-0.3, -0.25) is 9.36 Å². The summed E-state index contributed by atoms with van der Waals surface area (Å²) in [6.07, 6.45) is 0. The van der Waals surface area contributed by atoms with Crippen molar-refractivity contribution >= 4 is 28.3 Å². The van der Waals surface area contributed by atoms with Crippen LogP contribution in [0.15, 0.2) is 39.8 Å². The third-order valence-corrected chi connectivity index (χ3v) is 4.88. The molecule has 3 aromatic rings. The number of likely N-dealkylation sites (N-methyl/N-ethyl adjacent to an activating group) is 1. The fourth-order valence-corrected chi connectivity index (χ4v) is 3.43. The van der Waals surface area contributed by atoms with Crippen LogP contribution in [0.3, 0.4) is 0 Å². The normalized spacial score (nSPS) is 12.7. The molecule has 0 fully saturated rings. The highest BCUT2D eigenvalue weighted by molar-refractivity contribution is 7.07. The van der Waals surface area contributed by atoms with Crippen molar-refractivity contribution in [3.05, 3.63) is 56.6 Å². The Morgan fingerprint density at radius 2 is 2.17 bits per heavy atom. The third-order valence-electron chi connectivity index (χ3n) is 4.17. The van der Waals surface area contributed by atoms with Crippen molar-refractivity contribution in [2.75, 3.05) is 20.6 Å². The van der Waals surface area contributed by atoms with Crippen LogP contribution in [-0.4, -0.2) is 41.0 Å². The molecule has 0 aliphatic heterocycles. The molecule has 24 heavy (non-hydrogen) atoms. The molecule has 0 saturated carbocycles. The Balaban J connectivity index is 1.77. The van der Waals surface area contributed by atoms with Crippen LogP contribution in [0, 0.1) is 0 Å². The SMILES string of the molecule is CN(C)C(CNC(=O)c1ccc2[nH]c(=O)n(C)c2c1)c1ccsc1. The number of benzene rings is 1. The van der Waals surface area contributed by atoms with E-state index >= 15 is 0 Å². The molecule has 0 aliphatic rings. The maximum absolute atomic E-state index is 12.5. The first-order valence-electron chi connectivity index (χ1n) is 7.63. The number of imidazole rings is 1. The molecule has 0 bridgehead atoms. The van der Waals surface area contributed by atoms with E-state index in [1.807, 2.05) is 19.5 Å². The van der Waals surface area contributed by atoms with Crippen LogP contribution in [-0.2, 0) is 7.05 Å². The Morgan fingerprint density at radius 1 is 1.38 bits per heavy atom. The number of carbonyl (C=O) groups excluding carboxylic acids is 1. The largest absolute Gasteiger partial charge is 0.350 e. The molecule has 1 aromatic carbocycles. The number of carbonyl (C=O) groups is 1. The molecule has 1 atom stereocenters. The summed E-state index contributed by atoms with van der Waals surface area (Å²) < 4.78 is 1.50. The van der Waals surface area contributed by atoms with Crippen LogP contribution in [0.25, 0.3) is 11.0 Å². The number of aromatic nitrogens is 2. The first-order valence-corrected chi connectivity index (χ1v) is 8.57. The summed E-state index contributed by atoms with van der Waals surface area (Å²) in [7, 11) is 5.67. The van der Waals surface area contributed by atoms with Gasteiger partial charge < -0.3 is 15.2 Å². The molecule has 7 heteroatoms. The molecular formula is C17H20N4O2S. The minimum absolute atomic E-state index is 0.126. The van der Waals surface area contributed by atoms with Gasteiger partial charge in [-0.2, -0.15) is 11.3 Å². The number of H-pyrrole nitrogens is 1. The summed E-state index contributed by atoms with van der Waals surface area (Å²) in [5.74, 6) is -0.146. The Kier molecular flexibility index (Phi) is 4.55. The summed E-state index contributed by atoms with van der Waals surface area (Å²) in [6, 6.07) is 7.41. The van der Waals surface area contributed by atoms with Crippen molar-refractivity contribution in [2.45, 2.75) is 6.04 Å². The molecule has 1 amide bonds. The highest BCUT2D eigenvalue weighted by Gasteiger charge is 2.16. The van der Waals surface area contributed by atoms with Gasteiger partial charge in [0.15, 0.2) is 0 Å². The molecule has 1 unspecified atom stereocenters. The zero-order valence-electron chi connectivity index (χ0n) is 13.9. The monoisotopic (exact) mass is 344 g/mol. The Hall–Kier alpha value is -2.38. The number of hydrogen-bond acceptors (Lipinski definition) is 4. The predicted molar refractivity (Wildman–Crippen MR) is 96.6 cm³/mol. The van der Waals surface area contributed by atoms with Crippen molar-refractivity contribution in [3.8, 4) is 0 Å². The van der Waals surface area contributed by atoms with Crippen LogP contribution in [0.4, 0.5) is 0 Å². The van der Waals surface area contributed by atoms with Gasteiger partial charge >= 0.3 is 5.69 Å². The van der Waals surface area contributed by atoms with Crippen molar-refractivity contribution < 1.29 is 4.79 Å². The number of nitrogens with zero attached hydrogens (tertiary/aromatic N) is 2. The highest BCUT2D eigenvalue weighted by atomic mass is 32.1. The minimum Gasteiger partial charge on any atom is -0.350 e. The zero-order valence-corrected chi connectivity index (χ0v) is 14.7. The van der Waals surface area contributed by atoms with Crippen LogP contribution in [0.2, 0.25) is 0 Å². The molecule has 0 aliphatic carbocycles. The third kappa shape index (κ3) is 3.13. The second-order valence-corrected chi connectivity index (χ2v) is 6.75. The summed E-state index contributed by atoms with van der Waals surface area (Å²) in [4.78, 5) is 29.0. The van der Waals surface area contributed by atoms with Gasteiger partial charge in [0.25, 0.3) is 5.91 Å². The smallest absolute Gasteiger partial charge is 0.326 e. The van der Waals surface area contributed by atoms with E-state index in [0.717, 1.165) is 11.0 Å². The van der Waals surface area contributed by atoms with Crippen molar-refractivity contribution in [2.24, 2.45) is 7.05 Å². The standard InChI is InChI=1S/C17H20N4O2S/c1-20(2)15(12-6-7-24-10-12)9-18-16(22)11-4-5-13-14(8-11)21(3)17(23)19-13/h4-8,10,15H,9H2,1-3H3,(H,18,22)(H,19,23). The summed E-state index contributed by atoms with van der Waals surface area (Å²) in [5, 5.41) is 7.12. The van der Waals surface area contributed by atoms with E-state index in [2.05, 4.69) is 26.6 Å². The molecule has 2 heterocycles. The Labute approximate surface area is 143 Å². The maximum atomic E-state index is 12.5. The number of rotatable bonds is 5. The Morgan fingerprint density at radius 3 is 2.83 bits per heavy atom. The number of hydrogen-bond donors (Lipinski definition) is 2. The summed E-state index contributed by atoms with van der Waals surface area (Å²) in [6.45, 7) is 0.521. The van der Waals surface area contributed by atoms with Crippen molar-refractivity contribution in [1.82, 2.24) is 19.8 Å². The lowest BCUT2D eigenvalue weighted by molar-refractivity contribution is 0.0942. The van der Waals surface area contributed by atoms with E-state index < -0.39 is 0 Å². The average molecular weight is 344 g/mol. The molecular weight excluding hydrogens is 324 g/mol. The van der Waals surface area contributed by atoms with Gasteiger partial charge in [0.05, 0.1) is 17.1 Å². The second kappa shape index (κ2) is 6.62. The topological polar surface area (TPSA) is 70.1 Å². The van der Waals surface area contributed by atoms with Gasteiger partial charge in [0, 0.05) is 19.2 Å². The Bertz CT molecular complexity index is 908. The first-order chi connectivity index (χ1) is 11.5. The van der Waals surface area contributed by atoms with Crippen LogP contribution >= 0.6 is 11.3 Å². The van der Waals surface area contributed by atoms with E-state index in [4.69, 9.17) is 0 Å². The van der Waals surface area contributed by atoms with Gasteiger partial charge in [-0.25, -0.2) is 4.79 Å². The number of thiophene rings is 1. The second-order valence-electron chi connectivity index (χ2n) is 5.97. The maximum Gasteiger partial charge on any atom is 0.326 e. The molecule has 0 radical (unpaired) electrons. The number of fused-ring (bicyclic) bond motifs is 1. The molecule has 0 spiro atoms. The molecule has 2 aromatic heterocycles. The summed E-state index contributed by atoms with van der Waals surface area (Å²) >= 11 is 1.65. The summed E-state index contributed by atoms with van der Waals surface area (Å²) in [5.41, 5.74) is 2.99. The lowest BCUT2D eigenvalue weighted by Gasteiger charge is -2.24.